The number of nitrogens with zero attached hydrogens (tertiary/aromatic N) is 4. The van der Waals surface area contributed by atoms with Gasteiger partial charge in [0.15, 0.2) is 0 Å². The largest absolute Gasteiger partial charge is 0.307 e. The zero-order valence-electron chi connectivity index (χ0n) is 15.9. The van der Waals surface area contributed by atoms with Crippen molar-refractivity contribution >= 4 is 0 Å². The molecule has 0 spiro atoms. The minimum absolute atomic E-state index is 0.381. The second-order valence-electron chi connectivity index (χ2n) is 7.86. The monoisotopic (exact) mass is 352 g/mol. The number of hydrogen-bond donors (Lipinski definition) is 1. The van der Waals surface area contributed by atoms with Crippen molar-refractivity contribution in [3.8, 4) is 0 Å². The van der Waals surface area contributed by atoms with E-state index in [1.54, 1.807) is 0 Å². The standard InChI is InChI=1S/C21H30N5/c1-16-11-20(13-21(24-16)17-14-23-25(2)15-17)26-10-6-4-8-19(26)12-18-7-3-5-9-22-18/h3,5,7,9,11,14-16,19-21,24H,4,6,8,10,12-13H2,1-2H3. The molecule has 4 atom stereocenters. The lowest BCUT2D eigenvalue weighted by Crippen LogP contribution is -2.54. The van der Waals surface area contributed by atoms with Crippen molar-refractivity contribution in [3.63, 3.8) is 0 Å². The van der Waals surface area contributed by atoms with Crippen molar-refractivity contribution in [1.82, 2.24) is 25.0 Å². The van der Waals surface area contributed by atoms with E-state index < -0.39 is 0 Å². The Morgan fingerprint density at radius 1 is 1.27 bits per heavy atom. The first kappa shape index (κ1) is 17.7. The summed E-state index contributed by atoms with van der Waals surface area (Å²) in [5.74, 6) is 0. The van der Waals surface area contributed by atoms with E-state index in [9.17, 15) is 0 Å². The Hall–Kier alpha value is -1.72. The Bertz CT molecular complexity index is 697. The molecule has 4 rings (SSSR count). The molecule has 26 heavy (non-hydrogen) atoms. The van der Waals surface area contributed by atoms with E-state index in [2.05, 4.69) is 52.0 Å². The second kappa shape index (κ2) is 7.89. The molecule has 5 nitrogen and oxygen atoms in total. The van der Waals surface area contributed by atoms with Gasteiger partial charge in [-0.2, -0.15) is 5.10 Å². The molecule has 139 valence electrons. The molecular weight excluding hydrogens is 322 g/mol. The summed E-state index contributed by atoms with van der Waals surface area (Å²) < 4.78 is 1.90. The fourth-order valence-corrected chi connectivity index (χ4v) is 4.63. The molecule has 0 bridgehead atoms. The third-order valence-corrected chi connectivity index (χ3v) is 5.85. The number of likely N-dealkylation sites (tertiary alicyclic amines) is 1. The van der Waals surface area contributed by atoms with Crippen LogP contribution in [-0.2, 0) is 13.5 Å². The number of piperidine rings is 2. The van der Waals surface area contributed by atoms with Crippen LogP contribution in [0.3, 0.4) is 0 Å². The molecule has 1 radical (unpaired) electrons. The zero-order valence-corrected chi connectivity index (χ0v) is 15.9. The topological polar surface area (TPSA) is 46.0 Å². The van der Waals surface area contributed by atoms with Gasteiger partial charge >= 0.3 is 0 Å². The summed E-state index contributed by atoms with van der Waals surface area (Å²) in [6, 6.07) is 8.18. The Kier molecular flexibility index (Phi) is 5.36. The number of pyridine rings is 1. The normalized spacial score (nSPS) is 30.4. The van der Waals surface area contributed by atoms with E-state index in [-0.39, 0.29) is 0 Å². The minimum atomic E-state index is 0.381. The van der Waals surface area contributed by atoms with Crippen LogP contribution in [0.2, 0.25) is 0 Å². The van der Waals surface area contributed by atoms with Gasteiger partial charge in [-0.25, -0.2) is 0 Å². The van der Waals surface area contributed by atoms with Gasteiger partial charge in [0, 0.05) is 61.3 Å². The lowest BCUT2D eigenvalue weighted by Gasteiger charge is -2.46. The van der Waals surface area contributed by atoms with Gasteiger partial charge in [0.25, 0.3) is 0 Å². The van der Waals surface area contributed by atoms with Crippen LogP contribution in [0.25, 0.3) is 0 Å². The molecule has 0 aliphatic carbocycles. The van der Waals surface area contributed by atoms with Crippen molar-refractivity contribution in [3.05, 3.63) is 54.5 Å². The summed E-state index contributed by atoms with van der Waals surface area (Å²) in [6.45, 7) is 3.47. The number of rotatable bonds is 4. The van der Waals surface area contributed by atoms with Gasteiger partial charge in [-0.1, -0.05) is 12.5 Å². The summed E-state index contributed by atoms with van der Waals surface area (Å²) in [4.78, 5) is 7.32. The zero-order chi connectivity index (χ0) is 17.9. The highest BCUT2D eigenvalue weighted by Crippen LogP contribution is 2.32. The smallest absolute Gasteiger partial charge is 0.0537 e. The first-order valence-electron chi connectivity index (χ1n) is 9.94. The van der Waals surface area contributed by atoms with Crippen molar-refractivity contribution in [2.75, 3.05) is 6.54 Å². The molecule has 4 heterocycles. The number of aromatic nitrogens is 3. The van der Waals surface area contributed by atoms with Crippen LogP contribution >= 0.6 is 0 Å². The minimum Gasteiger partial charge on any atom is -0.307 e. The van der Waals surface area contributed by atoms with E-state index in [1.807, 2.05) is 30.2 Å². The summed E-state index contributed by atoms with van der Waals surface area (Å²) in [6.07, 6.45) is 14.7. The number of hydrogen-bond acceptors (Lipinski definition) is 4. The van der Waals surface area contributed by atoms with Gasteiger partial charge in [0.2, 0.25) is 0 Å². The van der Waals surface area contributed by atoms with E-state index >= 15 is 0 Å². The highest BCUT2D eigenvalue weighted by atomic mass is 15.2. The molecule has 1 N–H and O–H groups in total. The van der Waals surface area contributed by atoms with Crippen LogP contribution in [0.15, 0.2) is 36.8 Å². The molecule has 2 saturated heterocycles. The average Bonchev–Trinajstić information content (AvgIpc) is 3.09. The molecule has 0 saturated carbocycles. The Morgan fingerprint density at radius 3 is 2.96 bits per heavy atom. The average molecular weight is 353 g/mol. The molecule has 2 aromatic rings. The first-order chi connectivity index (χ1) is 12.7. The highest BCUT2D eigenvalue weighted by Gasteiger charge is 2.35. The SMILES string of the molecule is CC1[CH]C(N2CCCCC2Cc2ccccn2)CC(c2cnn(C)c2)N1. The van der Waals surface area contributed by atoms with Gasteiger partial charge in [0.05, 0.1) is 6.20 Å². The Labute approximate surface area is 156 Å². The van der Waals surface area contributed by atoms with Crippen molar-refractivity contribution < 1.29 is 0 Å². The van der Waals surface area contributed by atoms with E-state index in [0.717, 1.165) is 12.8 Å². The lowest BCUT2D eigenvalue weighted by molar-refractivity contribution is 0.0826. The van der Waals surface area contributed by atoms with E-state index in [1.165, 1.54) is 37.1 Å². The van der Waals surface area contributed by atoms with E-state index in [4.69, 9.17) is 0 Å². The van der Waals surface area contributed by atoms with Crippen molar-refractivity contribution in [2.24, 2.45) is 7.05 Å². The molecule has 2 fully saturated rings. The van der Waals surface area contributed by atoms with Gasteiger partial charge < -0.3 is 5.32 Å². The highest BCUT2D eigenvalue weighted by molar-refractivity contribution is 5.16. The summed E-state index contributed by atoms with van der Waals surface area (Å²) in [5, 5.41) is 8.10. The maximum atomic E-state index is 4.57. The predicted molar refractivity (Wildman–Crippen MR) is 104 cm³/mol. The maximum Gasteiger partial charge on any atom is 0.0537 e. The van der Waals surface area contributed by atoms with Crippen molar-refractivity contribution in [2.45, 2.75) is 63.2 Å². The second-order valence-corrected chi connectivity index (χ2v) is 7.86. The predicted octanol–water partition coefficient (Wildman–Crippen LogP) is 2.91. The van der Waals surface area contributed by atoms with Crippen LogP contribution in [0.4, 0.5) is 0 Å². The molecule has 0 amide bonds. The summed E-state index contributed by atoms with van der Waals surface area (Å²) in [5.41, 5.74) is 2.52. The van der Waals surface area contributed by atoms with Gasteiger partial charge in [-0.15, -0.1) is 0 Å². The van der Waals surface area contributed by atoms with Gasteiger partial charge in [-0.05, 0) is 51.3 Å². The lowest BCUT2D eigenvalue weighted by atomic mass is 9.87. The molecule has 2 aromatic heterocycles. The van der Waals surface area contributed by atoms with E-state index in [0.29, 0.717) is 24.2 Å². The van der Waals surface area contributed by atoms with Crippen LogP contribution in [-0.4, -0.2) is 44.3 Å². The fourth-order valence-electron chi connectivity index (χ4n) is 4.63. The number of nitrogens with one attached hydrogen (secondary N) is 1. The van der Waals surface area contributed by atoms with Gasteiger partial charge in [0.1, 0.15) is 0 Å². The summed E-state index contributed by atoms with van der Waals surface area (Å²) in [7, 11) is 1.99. The first-order valence-corrected chi connectivity index (χ1v) is 9.94. The quantitative estimate of drug-likeness (QED) is 0.919. The maximum absolute atomic E-state index is 4.57. The van der Waals surface area contributed by atoms with Crippen LogP contribution < -0.4 is 5.32 Å². The Balaban J connectivity index is 1.49. The van der Waals surface area contributed by atoms with Crippen LogP contribution in [0.5, 0.6) is 0 Å². The molecule has 2 aliphatic heterocycles. The van der Waals surface area contributed by atoms with Crippen LogP contribution in [0.1, 0.15) is 49.9 Å². The molecule has 5 heteroatoms. The molecule has 0 aromatic carbocycles. The van der Waals surface area contributed by atoms with Crippen molar-refractivity contribution in [1.29, 1.82) is 0 Å². The van der Waals surface area contributed by atoms with Crippen LogP contribution in [0, 0.1) is 6.42 Å². The molecule has 4 unspecified atom stereocenters. The number of aryl methyl sites for hydroxylation is 1. The summed E-state index contributed by atoms with van der Waals surface area (Å²) >= 11 is 0. The van der Waals surface area contributed by atoms with Gasteiger partial charge in [-0.3, -0.25) is 14.6 Å². The molecular formula is C21H30N5. The third-order valence-electron chi connectivity index (χ3n) is 5.85. The third kappa shape index (κ3) is 3.99. The Morgan fingerprint density at radius 2 is 2.19 bits per heavy atom. The fraction of sp³-hybridized carbons (Fsp3) is 0.571. The molecule has 2 aliphatic rings.